The van der Waals surface area contributed by atoms with Crippen molar-refractivity contribution in [2.75, 3.05) is 38.2 Å². The molecule has 0 spiro atoms. The topological polar surface area (TPSA) is 79.8 Å². The molecule has 0 bridgehead atoms. The fourth-order valence-electron chi connectivity index (χ4n) is 3.30. The lowest BCUT2D eigenvalue weighted by atomic mass is 10.1. The summed E-state index contributed by atoms with van der Waals surface area (Å²) in [6.07, 6.45) is 8.77. The van der Waals surface area contributed by atoms with Gasteiger partial charge in [0.2, 0.25) is 0 Å². The summed E-state index contributed by atoms with van der Waals surface area (Å²) in [5.41, 5.74) is 0. The number of hydrogen-bond acceptors (Lipinski definition) is 4. The van der Waals surface area contributed by atoms with E-state index >= 15 is 0 Å². The Morgan fingerprint density at radius 1 is 1.13 bits per heavy atom. The molecule has 2 aliphatic rings. The number of rotatable bonds is 6. The van der Waals surface area contributed by atoms with Gasteiger partial charge in [0.15, 0.2) is 15.8 Å². The summed E-state index contributed by atoms with van der Waals surface area (Å²) in [7, 11) is -1.08. The average molecular weight is 346 g/mol. The van der Waals surface area contributed by atoms with E-state index in [-0.39, 0.29) is 5.92 Å². The molecular weight excluding hydrogens is 314 g/mol. The molecule has 7 heteroatoms. The zero-order valence-electron chi connectivity index (χ0n) is 14.2. The average Bonchev–Trinajstić information content (AvgIpc) is 2.73. The Morgan fingerprint density at radius 3 is 2.48 bits per heavy atom. The summed E-state index contributed by atoms with van der Waals surface area (Å²) in [4.78, 5) is 4.17. The fourth-order valence-corrected chi connectivity index (χ4v) is 5.16. The van der Waals surface area contributed by atoms with Crippen LogP contribution in [0.5, 0.6) is 0 Å². The first-order valence-corrected chi connectivity index (χ1v) is 10.7. The molecule has 1 aliphatic carbocycles. The van der Waals surface area contributed by atoms with Crippen molar-refractivity contribution in [3.05, 3.63) is 0 Å². The van der Waals surface area contributed by atoms with Gasteiger partial charge >= 0.3 is 0 Å². The zero-order chi connectivity index (χ0) is 16.5. The van der Waals surface area contributed by atoms with Crippen molar-refractivity contribution in [2.45, 2.75) is 51.0 Å². The first kappa shape index (κ1) is 18.5. The van der Waals surface area contributed by atoms with Crippen LogP contribution in [-0.2, 0) is 14.6 Å². The second-order valence-electron chi connectivity index (χ2n) is 6.63. The van der Waals surface area contributed by atoms with Gasteiger partial charge in [0.1, 0.15) is 0 Å². The van der Waals surface area contributed by atoms with Crippen LogP contribution < -0.4 is 10.6 Å². The van der Waals surface area contributed by atoms with E-state index in [1.165, 1.54) is 38.5 Å². The molecule has 2 rings (SSSR count). The van der Waals surface area contributed by atoms with Crippen LogP contribution in [0.2, 0.25) is 0 Å². The molecular formula is C16H31N3O3S. The zero-order valence-corrected chi connectivity index (χ0v) is 15.0. The van der Waals surface area contributed by atoms with Gasteiger partial charge in [-0.2, -0.15) is 0 Å². The van der Waals surface area contributed by atoms with Gasteiger partial charge in [0.25, 0.3) is 0 Å². The van der Waals surface area contributed by atoms with Crippen LogP contribution in [0.3, 0.4) is 0 Å². The number of aliphatic imine (C=N–C) groups is 1. The minimum atomic E-state index is -2.81. The highest BCUT2D eigenvalue weighted by molar-refractivity contribution is 7.91. The third kappa shape index (κ3) is 7.08. The first-order chi connectivity index (χ1) is 11.1. The summed E-state index contributed by atoms with van der Waals surface area (Å²) < 4.78 is 28.8. The van der Waals surface area contributed by atoms with E-state index in [0.29, 0.717) is 30.8 Å². The molecule has 1 heterocycles. The quantitative estimate of drug-likeness (QED) is 0.328. The Balaban J connectivity index is 1.58. The van der Waals surface area contributed by atoms with Crippen molar-refractivity contribution in [1.82, 2.24) is 10.6 Å². The summed E-state index contributed by atoms with van der Waals surface area (Å²) in [6.45, 7) is 2.06. The van der Waals surface area contributed by atoms with Gasteiger partial charge < -0.3 is 15.4 Å². The summed E-state index contributed by atoms with van der Waals surface area (Å²) >= 11 is 0. The molecule has 134 valence electrons. The van der Waals surface area contributed by atoms with E-state index in [0.717, 1.165) is 18.9 Å². The molecule has 1 atom stereocenters. The van der Waals surface area contributed by atoms with E-state index < -0.39 is 9.84 Å². The predicted octanol–water partition coefficient (Wildman–Crippen LogP) is 1.33. The van der Waals surface area contributed by atoms with E-state index in [1.54, 1.807) is 7.05 Å². The van der Waals surface area contributed by atoms with Gasteiger partial charge in [0, 0.05) is 20.1 Å². The van der Waals surface area contributed by atoms with Gasteiger partial charge in [-0.15, -0.1) is 0 Å². The molecule has 0 amide bonds. The molecule has 2 fully saturated rings. The Morgan fingerprint density at radius 2 is 1.87 bits per heavy atom. The van der Waals surface area contributed by atoms with Crippen molar-refractivity contribution in [1.29, 1.82) is 0 Å². The van der Waals surface area contributed by atoms with Crippen LogP contribution in [0, 0.1) is 5.92 Å². The van der Waals surface area contributed by atoms with Crippen molar-refractivity contribution < 1.29 is 13.2 Å². The Bertz CT molecular complexity index is 471. The van der Waals surface area contributed by atoms with Gasteiger partial charge in [-0.05, 0) is 25.2 Å². The van der Waals surface area contributed by atoms with Gasteiger partial charge in [-0.3, -0.25) is 4.99 Å². The third-order valence-corrected chi connectivity index (χ3v) is 6.50. The highest BCUT2D eigenvalue weighted by Crippen LogP contribution is 2.19. The maximum absolute atomic E-state index is 11.5. The molecule has 0 aromatic rings. The highest BCUT2D eigenvalue weighted by atomic mass is 32.2. The lowest BCUT2D eigenvalue weighted by Crippen LogP contribution is -2.41. The number of nitrogens with one attached hydrogen (secondary N) is 2. The number of sulfone groups is 1. The van der Waals surface area contributed by atoms with Crippen LogP contribution >= 0.6 is 0 Å². The van der Waals surface area contributed by atoms with Crippen molar-refractivity contribution in [3.63, 3.8) is 0 Å². The Hall–Kier alpha value is -0.820. The normalized spacial score (nSPS) is 26.0. The second-order valence-corrected chi connectivity index (χ2v) is 8.86. The minimum absolute atomic E-state index is 0.195. The van der Waals surface area contributed by atoms with Crippen molar-refractivity contribution in [3.8, 4) is 0 Å². The van der Waals surface area contributed by atoms with Crippen LogP contribution in [0.15, 0.2) is 4.99 Å². The van der Waals surface area contributed by atoms with Crippen LogP contribution in [0.25, 0.3) is 0 Å². The lowest BCUT2D eigenvalue weighted by Gasteiger charge is -2.17. The molecule has 0 aromatic carbocycles. The highest BCUT2D eigenvalue weighted by Gasteiger charge is 2.27. The van der Waals surface area contributed by atoms with E-state index in [9.17, 15) is 8.42 Å². The van der Waals surface area contributed by atoms with Crippen molar-refractivity contribution >= 4 is 15.8 Å². The first-order valence-electron chi connectivity index (χ1n) is 8.85. The standard InChI is InChI=1S/C16H31N3O3S/c1-17-16(19-12-14-8-11-23(20,21)13-14)18-9-10-22-15-6-4-2-3-5-7-15/h14-15H,2-13H2,1H3,(H2,17,18,19). The maximum atomic E-state index is 11.5. The molecule has 23 heavy (non-hydrogen) atoms. The van der Waals surface area contributed by atoms with E-state index in [2.05, 4.69) is 15.6 Å². The van der Waals surface area contributed by atoms with Crippen LogP contribution in [0.1, 0.15) is 44.9 Å². The molecule has 0 aromatic heterocycles. The fraction of sp³-hybridized carbons (Fsp3) is 0.938. The van der Waals surface area contributed by atoms with Crippen molar-refractivity contribution in [2.24, 2.45) is 10.9 Å². The van der Waals surface area contributed by atoms with E-state index in [4.69, 9.17) is 4.74 Å². The molecule has 1 saturated carbocycles. The maximum Gasteiger partial charge on any atom is 0.191 e. The third-order valence-electron chi connectivity index (χ3n) is 4.66. The molecule has 1 aliphatic heterocycles. The summed E-state index contributed by atoms with van der Waals surface area (Å²) in [5, 5.41) is 6.45. The second kappa shape index (κ2) is 9.47. The smallest absolute Gasteiger partial charge is 0.191 e. The molecule has 6 nitrogen and oxygen atoms in total. The number of ether oxygens (including phenoxy) is 1. The van der Waals surface area contributed by atoms with Gasteiger partial charge in [-0.25, -0.2) is 8.42 Å². The Kier molecular flexibility index (Phi) is 7.62. The summed E-state index contributed by atoms with van der Waals surface area (Å²) in [6, 6.07) is 0. The molecule has 1 unspecified atom stereocenters. The van der Waals surface area contributed by atoms with Crippen LogP contribution in [-0.4, -0.2) is 58.7 Å². The number of hydrogen-bond donors (Lipinski definition) is 2. The monoisotopic (exact) mass is 345 g/mol. The Labute approximate surface area is 140 Å². The van der Waals surface area contributed by atoms with Gasteiger partial charge in [0.05, 0.1) is 24.2 Å². The number of nitrogens with zero attached hydrogens (tertiary/aromatic N) is 1. The van der Waals surface area contributed by atoms with Crippen LogP contribution in [0.4, 0.5) is 0 Å². The number of guanidine groups is 1. The molecule has 0 radical (unpaired) electrons. The molecule has 1 saturated heterocycles. The largest absolute Gasteiger partial charge is 0.376 e. The summed E-state index contributed by atoms with van der Waals surface area (Å²) in [5.74, 6) is 1.53. The minimum Gasteiger partial charge on any atom is -0.376 e. The van der Waals surface area contributed by atoms with Gasteiger partial charge in [-0.1, -0.05) is 25.7 Å². The van der Waals surface area contributed by atoms with E-state index in [1.807, 2.05) is 0 Å². The lowest BCUT2D eigenvalue weighted by molar-refractivity contribution is 0.0468. The SMILES string of the molecule is CN=C(NCCOC1CCCCCC1)NCC1CCS(=O)(=O)C1. The predicted molar refractivity (Wildman–Crippen MR) is 93.6 cm³/mol. The molecule has 2 N–H and O–H groups in total.